The molecule has 1 aromatic carbocycles. The van der Waals surface area contributed by atoms with E-state index in [9.17, 15) is 0 Å². The van der Waals surface area contributed by atoms with Gasteiger partial charge in [0.05, 0.1) is 0 Å². The SMILES string of the molecule is COCCCN(C)CC1(c2ccccc2)CCNCC1. The third-order valence-corrected chi connectivity index (χ3v) is 4.41. The summed E-state index contributed by atoms with van der Waals surface area (Å²) in [6, 6.07) is 11.1. The fraction of sp³-hybridized carbons (Fsp3) is 0.647. The minimum atomic E-state index is 0.314. The molecule has 0 bridgehead atoms. The van der Waals surface area contributed by atoms with Gasteiger partial charge in [-0.2, -0.15) is 0 Å². The number of nitrogens with zero attached hydrogens (tertiary/aromatic N) is 1. The minimum Gasteiger partial charge on any atom is -0.385 e. The number of piperidine rings is 1. The zero-order valence-corrected chi connectivity index (χ0v) is 12.9. The van der Waals surface area contributed by atoms with E-state index in [0.717, 1.165) is 39.2 Å². The summed E-state index contributed by atoms with van der Waals surface area (Å²) in [4.78, 5) is 2.47. The Morgan fingerprint density at radius 2 is 1.90 bits per heavy atom. The van der Waals surface area contributed by atoms with Gasteiger partial charge >= 0.3 is 0 Å². The Labute approximate surface area is 123 Å². The van der Waals surface area contributed by atoms with Gasteiger partial charge in [-0.3, -0.25) is 0 Å². The number of likely N-dealkylation sites (N-methyl/N-ethyl adjacent to an activating group) is 1. The molecule has 1 aliphatic heterocycles. The zero-order valence-electron chi connectivity index (χ0n) is 12.9. The number of hydrogen-bond donors (Lipinski definition) is 1. The molecule has 0 amide bonds. The van der Waals surface area contributed by atoms with Crippen molar-refractivity contribution >= 4 is 0 Å². The molecule has 1 N–H and O–H groups in total. The maximum Gasteiger partial charge on any atom is 0.0474 e. The van der Waals surface area contributed by atoms with Gasteiger partial charge in [0.25, 0.3) is 0 Å². The topological polar surface area (TPSA) is 24.5 Å². The van der Waals surface area contributed by atoms with Crippen LogP contribution >= 0.6 is 0 Å². The van der Waals surface area contributed by atoms with Gasteiger partial charge in [0.1, 0.15) is 0 Å². The Balaban J connectivity index is 2.04. The molecule has 0 aromatic heterocycles. The standard InChI is InChI=1S/C17H28N2O/c1-19(13-6-14-20-2)15-17(9-11-18-12-10-17)16-7-4-3-5-8-16/h3-5,7-8,18H,6,9-15H2,1-2H3. The Kier molecular flexibility index (Phi) is 6.02. The average Bonchev–Trinajstić information content (AvgIpc) is 2.49. The first-order valence-corrected chi connectivity index (χ1v) is 7.71. The van der Waals surface area contributed by atoms with Gasteiger partial charge in [-0.15, -0.1) is 0 Å². The van der Waals surface area contributed by atoms with E-state index >= 15 is 0 Å². The van der Waals surface area contributed by atoms with Crippen molar-refractivity contribution in [1.82, 2.24) is 10.2 Å². The fourth-order valence-electron chi connectivity index (χ4n) is 3.31. The summed E-state index contributed by atoms with van der Waals surface area (Å²) in [6.45, 7) is 5.35. The van der Waals surface area contributed by atoms with Crippen molar-refractivity contribution in [3.63, 3.8) is 0 Å². The summed E-state index contributed by atoms with van der Waals surface area (Å²) in [6.07, 6.45) is 3.56. The molecular formula is C17H28N2O. The molecule has 3 heteroatoms. The van der Waals surface area contributed by atoms with E-state index in [1.54, 1.807) is 7.11 Å². The summed E-state index contributed by atoms with van der Waals surface area (Å²) in [5.41, 5.74) is 1.81. The number of nitrogens with one attached hydrogen (secondary N) is 1. The van der Waals surface area contributed by atoms with E-state index in [1.165, 1.54) is 18.4 Å². The molecule has 0 spiro atoms. The first-order chi connectivity index (χ1) is 9.77. The third kappa shape index (κ3) is 4.05. The molecule has 1 fully saturated rings. The van der Waals surface area contributed by atoms with Crippen LogP contribution in [0.2, 0.25) is 0 Å². The molecule has 112 valence electrons. The fourth-order valence-corrected chi connectivity index (χ4v) is 3.31. The summed E-state index contributed by atoms with van der Waals surface area (Å²) in [5.74, 6) is 0. The molecule has 0 aliphatic carbocycles. The molecule has 1 aliphatic rings. The zero-order chi connectivity index (χ0) is 14.3. The number of ether oxygens (including phenoxy) is 1. The van der Waals surface area contributed by atoms with Gasteiger partial charge in [0.15, 0.2) is 0 Å². The van der Waals surface area contributed by atoms with Crippen molar-refractivity contribution in [2.24, 2.45) is 0 Å². The summed E-state index contributed by atoms with van der Waals surface area (Å²) < 4.78 is 5.16. The molecule has 0 radical (unpaired) electrons. The Bertz CT molecular complexity index is 374. The second-order valence-corrected chi connectivity index (χ2v) is 5.98. The lowest BCUT2D eigenvalue weighted by Crippen LogP contribution is -2.47. The summed E-state index contributed by atoms with van der Waals surface area (Å²) >= 11 is 0. The van der Waals surface area contributed by atoms with Crippen LogP contribution in [0.15, 0.2) is 30.3 Å². The predicted molar refractivity (Wildman–Crippen MR) is 84.2 cm³/mol. The van der Waals surface area contributed by atoms with Crippen LogP contribution in [-0.4, -0.2) is 51.8 Å². The van der Waals surface area contributed by atoms with Gasteiger partial charge < -0.3 is 15.0 Å². The molecule has 2 rings (SSSR count). The highest BCUT2D eigenvalue weighted by atomic mass is 16.5. The number of hydrogen-bond acceptors (Lipinski definition) is 3. The van der Waals surface area contributed by atoms with Crippen molar-refractivity contribution < 1.29 is 4.74 Å². The van der Waals surface area contributed by atoms with Crippen LogP contribution in [0.4, 0.5) is 0 Å². The third-order valence-electron chi connectivity index (χ3n) is 4.41. The van der Waals surface area contributed by atoms with Gasteiger partial charge in [-0.05, 0) is 45.0 Å². The number of benzene rings is 1. The summed E-state index contributed by atoms with van der Waals surface area (Å²) in [7, 11) is 4.01. The number of rotatable bonds is 7. The van der Waals surface area contributed by atoms with Crippen LogP contribution < -0.4 is 5.32 Å². The van der Waals surface area contributed by atoms with Crippen LogP contribution in [0.5, 0.6) is 0 Å². The molecule has 1 aromatic rings. The van der Waals surface area contributed by atoms with E-state index in [-0.39, 0.29) is 0 Å². The number of methoxy groups -OCH3 is 1. The smallest absolute Gasteiger partial charge is 0.0474 e. The van der Waals surface area contributed by atoms with Crippen LogP contribution in [0, 0.1) is 0 Å². The van der Waals surface area contributed by atoms with Gasteiger partial charge in [0.2, 0.25) is 0 Å². The molecule has 1 heterocycles. The average molecular weight is 276 g/mol. The highest BCUT2D eigenvalue weighted by molar-refractivity contribution is 5.27. The lowest BCUT2D eigenvalue weighted by molar-refractivity contribution is 0.159. The molecule has 20 heavy (non-hydrogen) atoms. The second kappa shape index (κ2) is 7.77. The van der Waals surface area contributed by atoms with E-state index in [1.807, 2.05) is 0 Å². The molecule has 0 unspecified atom stereocenters. The maximum absolute atomic E-state index is 5.16. The van der Waals surface area contributed by atoms with Crippen molar-refractivity contribution in [3.05, 3.63) is 35.9 Å². The Morgan fingerprint density at radius 3 is 2.55 bits per heavy atom. The van der Waals surface area contributed by atoms with Crippen molar-refractivity contribution in [2.75, 3.05) is 46.9 Å². The highest BCUT2D eigenvalue weighted by Gasteiger charge is 2.34. The summed E-state index contributed by atoms with van der Waals surface area (Å²) in [5, 5.41) is 3.50. The van der Waals surface area contributed by atoms with Crippen molar-refractivity contribution in [3.8, 4) is 0 Å². The molecule has 0 saturated carbocycles. The van der Waals surface area contributed by atoms with E-state index < -0.39 is 0 Å². The first kappa shape index (κ1) is 15.5. The van der Waals surface area contributed by atoms with Crippen LogP contribution in [0.1, 0.15) is 24.8 Å². The quantitative estimate of drug-likeness (QED) is 0.773. The van der Waals surface area contributed by atoms with Crippen LogP contribution in [0.25, 0.3) is 0 Å². The molecule has 1 saturated heterocycles. The second-order valence-electron chi connectivity index (χ2n) is 5.98. The van der Waals surface area contributed by atoms with Gasteiger partial charge in [-0.25, -0.2) is 0 Å². The monoisotopic (exact) mass is 276 g/mol. The van der Waals surface area contributed by atoms with Gasteiger partial charge in [0, 0.05) is 32.2 Å². The largest absolute Gasteiger partial charge is 0.385 e. The van der Waals surface area contributed by atoms with Crippen molar-refractivity contribution in [1.29, 1.82) is 0 Å². The Morgan fingerprint density at radius 1 is 1.20 bits per heavy atom. The van der Waals surface area contributed by atoms with E-state index in [2.05, 4.69) is 47.6 Å². The molecular weight excluding hydrogens is 248 g/mol. The van der Waals surface area contributed by atoms with E-state index in [0.29, 0.717) is 5.41 Å². The lowest BCUT2D eigenvalue weighted by Gasteiger charge is -2.41. The van der Waals surface area contributed by atoms with Gasteiger partial charge in [-0.1, -0.05) is 30.3 Å². The van der Waals surface area contributed by atoms with E-state index in [4.69, 9.17) is 4.74 Å². The molecule has 0 atom stereocenters. The first-order valence-electron chi connectivity index (χ1n) is 7.71. The van der Waals surface area contributed by atoms with Crippen LogP contribution in [0.3, 0.4) is 0 Å². The minimum absolute atomic E-state index is 0.314. The highest BCUT2D eigenvalue weighted by Crippen LogP contribution is 2.34. The Hall–Kier alpha value is -0.900. The molecule has 3 nitrogen and oxygen atoms in total. The lowest BCUT2D eigenvalue weighted by atomic mass is 9.73. The van der Waals surface area contributed by atoms with Crippen LogP contribution in [-0.2, 0) is 10.2 Å². The normalized spacial score (nSPS) is 18.4. The van der Waals surface area contributed by atoms with Crippen molar-refractivity contribution in [2.45, 2.75) is 24.7 Å². The predicted octanol–water partition coefficient (Wildman–Crippen LogP) is 2.28. The maximum atomic E-state index is 5.16.